The molecule has 2 aliphatic rings. The highest BCUT2D eigenvalue weighted by Gasteiger charge is 2.44. The Balaban J connectivity index is 1.91. The quantitative estimate of drug-likeness (QED) is 0.873. The molecule has 4 heteroatoms. The van der Waals surface area contributed by atoms with Gasteiger partial charge in [0.2, 0.25) is 0 Å². The van der Waals surface area contributed by atoms with Gasteiger partial charge in [-0.3, -0.25) is 0 Å². The lowest BCUT2D eigenvalue weighted by atomic mass is 9.93. The molecule has 3 unspecified atom stereocenters. The van der Waals surface area contributed by atoms with Crippen molar-refractivity contribution in [2.45, 2.75) is 19.4 Å². The van der Waals surface area contributed by atoms with E-state index in [2.05, 4.69) is 22.1 Å². The molecule has 3 atom stereocenters. The van der Waals surface area contributed by atoms with E-state index in [1.807, 2.05) is 18.3 Å². The van der Waals surface area contributed by atoms with Crippen LogP contribution in [0.15, 0.2) is 18.3 Å². The minimum absolute atomic E-state index is 0.586. The van der Waals surface area contributed by atoms with Crippen LogP contribution in [-0.2, 0) is 0 Å². The Labute approximate surface area is 107 Å². The van der Waals surface area contributed by atoms with Gasteiger partial charge in [0, 0.05) is 31.9 Å². The van der Waals surface area contributed by atoms with Gasteiger partial charge < -0.3 is 10.2 Å². The third kappa shape index (κ3) is 1.81. The van der Waals surface area contributed by atoms with Gasteiger partial charge in [-0.25, -0.2) is 4.98 Å². The number of anilines is 1. The Kier molecular flexibility index (Phi) is 2.97. The number of rotatable bonds is 2. The first kappa shape index (κ1) is 11.3. The molecule has 2 aliphatic heterocycles. The molecule has 0 aliphatic carbocycles. The number of aromatic nitrogens is 1. The molecule has 3 rings (SSSR count). The van der Waals surface area contributed by atoms with Crippen LogP contribution in [0, 0.1) is 11.8 Å². The predicted molar refractivity (Wildman–Crippen MR) is 70.5 cm³/mol. The number of halogens is 1. The Hall–Kier alpha value is -0.800. The molecule has 0 radical (unpaired) electrons. The molecule has 92 valence electrons. The van der Waals surface area contributed by atoms with Gasteiger partial charge in [0.15, 0.2) is 0 Å². The maximum Gasteiger partial charge on any atom is 0.147 e. The summed E-state index contributed by atoms with van der Waals surface area (Å²) in [6.07, 6.45) is 3.00. The number of hydrogen-bond acceptors (Lipinski definition) is 3. The summed E-state index contributed by atoms with van der Waals surface area (Å²) in [5.41, 5.74) is 0. The Morgan fingerprint density at radius 2 is 2.41 bits per heavy atom. The minimum Gasteiger partial charge on any atom is -0.352 e. The second-order valence-electron chi connectivity index (χ2n) is 5.02. The van der Waals surface area contributed by atoms with Crippen LogP contribution in [0.25, 0.3) is 0 Å². The minimum atomic E-state index is 0.586. The van der Waals surface area contributed by atoms with E-state index in [-0.39, 0.29) is 0 Å². The van der Waals surface area contributed by atoms with E-state index in [9.17, 15) is 0 Å². The zero-order valence-corrected chi connectivity index (χ0v) is 10.8. The van der Waals surface area contributed by atoms with Crippen molar-refractivity contribution >= 4 is 17.4 Å². The Morgan fingerprint density at radius 3 is 3.18 bits per heavy atom. The molecule has 2 fully saturated rings. The molecular weight excluding hydrogens is 234 g/mol. The predicted octanol–water partition coefficient (Wildman–Crippen LogP) is 2.17. The second kappa shape index (κ2) is 4.46. The number of pyridine rings is 1. The number of nitrogens with zero attached hydrogens (tertiary/aromatic N) is 2. The number of fused-ring (bicyclic) bond motifs is 1. The van der Waals surface area contributed by atoms with Gasteiger partial charge in [-0.2, -0.15) is 0 Å². The molecule has 0 bridgehead atoms. The maximum atomic E-state index is 6.26. The van der Waals surface area contributed by atoms with Gasteiger partial charge in [-0.1, -0.05) is 18.5 Å². The summed E-state index contributed by atoms with van der Waals surface area (Å²) >= 11 is 6.26. The van der Waals surface area contributed by atoms with Crippen LogP contribution in [0.5, 0.6) is 0 Å². The second-order valence-corrected chi connectivity index (χ2v) is 5.43. The highest BCUT2D eigenvalue weighted by atomic mass is 35.5. The molecule has 0 saturated carbocycles. The van der Waals surface area contributed by atoms with Crippen LogP contribution in [-0.4, -0.2) is 30.7 Å². The van der Waals surface area contributed by atoms with Crippen molar-refractivity contribution in [2.24, 2.45) is 11.8 Å². The summed E-state index contributed by atoms with van der Waals surface area (Å²) in [6, 6.07) is 4.41. The Bertz CT molecular complexity index is 409. The van der Waals surface area contributed by atoms with Gasteiger partial charge in [0.05, 0.1) is 5.02 Å². The average Bonchev–Trinajstić information content (AvgIpc) is 2.89. The van der Waals surface area contributed by atoms with Crippen molar-refractivity contribution < 1.29 is 0 Å². The first-order valence-corrected chi connectivity index (χ1v) is 6.77. The molecule has 1 aromatic heterocycles. The molecule has 0 amide bonds. The third-order valence-electron chi connectivity index (χ3n) is 4.15. The van der Waals surface area contributed by atoms with Crippen LogP contribution in [0.4, 0.5) is 5.82 Å². The molecular formula is C13H18ClN3. The number of nitrogens with one attached hydrogen (secondary N) is 1. The van der Waals surface area contributed by atoms with Crippen molar-refractivity contribution in [3.05, 3.63) is 23.4 Å². The number of hydrogen-bond donors (Lipinski definition) is 1. The van der Waals surface area contributed by atoms with Gasteiger partial charge >= 0.3 is 0 Å². The van der Waals surface area contributed by atoms with Crippen molar-refractivity contribution in [1.29, 1.82) is 0 Å². The van der Waals surface area contributed by atoms with Gasteiger partial charge in [0.25, 0.3) is 0 Å². The zero-order chi connectivity index (χ0) is 11.8. The van der Waals surface area contributed by atoms with Gasteiger partial charge in [-0.15, -0.1) is 0 Å². The van der Waals surface area contributed by atoms with Crippen molar-refractivity contribution in [3.8, 4) is 0 Å². The molecule has 3 nitrogen and oxygen atoms in total. The van der Waals surface area contributed by atoms with Gasteiger partial charge in [-0.05, 0) is 30.4 Å². The summed E-state index contributed by atoms with van der Waals surface area (Å²) < 4.78 is 0. The van der Waals surface area contributed by atoms with Crippen LogP contribution in [0.1, 0.15) is 13.3 Å². The van der Waals surface area contributed by atoms with Gasteiger partial charge in [0.1, 0.15) is 5.82 Å². The fraction of sp³-hybridized carbons (Fsp3) is 0.615. The fourth-order valence-electron chi connectivity index (χ4n) is 3.38. The third-order valence-corrected chi connectivity index (χ3v) is 4.44. The lowest BCUT2D eigenvalue weighted by molar-refractivity contribution is 0.441. The van der Waals surface area contributed by atoms with Crippen molar-refractivity contribution in [1.82, 2.24) is 10.3 Å². The largest absolute Gasteiger partial charge is 0.352 e. The normalized spacial score (nSPS) is 31.9. The molecule has 2 saturated heterocycles. The average molecular weight is 252 g/mol. The first-order valence-electron chi connectivity index (χ1n) is 6.39. The maximum absolute atomic E-state index is 6.26. The summed E-state index contributed by atoms with van der Waals surface area (Å²) in [5, 5.41) is 4.27. The monoisotopic (exact) mass is 251 g/mol. The Morgan fingerprint density at radius 1 is 1.53 bits per heavy atom. The summed E-state index contributed by atoms with van der Waals surface area (Å²) in [7, 11) is 0. The highest BCUT2D eigenvalue weighted by molar-refractivity contribution is 6.32. The molecule has 1 N–H and O–H groups in total. The lowest BCUT2D eigenvalue weighted by Gasteiger charge is -2.28. The standard InChI is InChI=1S/C13H18ClN3/c1-2-12-10-7-15-6-9(10)8-17(12)13-11(14)4-3-5-16-13/h3-5,9-10,12,15H,2,6-8H2,1H3. The van der Waals surface area contributed by atoms with E-state index in [0.29, 0.717) is 6.04 Å². The van der Waals surface area contributed by atoms with E-state index >= 15 is 0 Å². The van der Waals surface area contributed by atoms with Crippen LogP contribution < -0.4 is 10.2 Å². The molecule has 17 heavy (non-hydrogen) atoms. The zero-order valence-electron chi connectivity index (χ0n) is 10.1. The first-order chi connectivity index (χ1) is 8.31. The summed E-state index contributed by atoms with van der Waals surface area (Å²) in [5.74, 6) is 2.49. The summed E-state index contributed by atoms with van der Waals surface area (Å²) in [6.45, 7) is 5.63. The van der Waals surface area contributed by atoms with Crippen LogP contribution in [0.2, 0.25) is 5.02 Å². The molecule has 0 aromatic carbocycles. The summed E-state index contributed by atoms with van der Waals surface area (Å²) in [4.78, 5) is 6.87. The smallest absolute Gasteiger partial charge is 0.147 e. The molecule has 1 aromatic rings. The molecule has 0 spiro atoms. The molecule has 3 heterocycles. The van der Waals surface area contributed by atoms with E-state index in [4.69, 9.17) is 11.6 Å². The van der Waals surface area contributed by atoms with E-state index < -0.39 is 0 Å². The SMILES string of the molecule is CCC1C2CNCC2CN1c1ncccc1Cl. The van der Waals surface area contributed by atoms with Crippen molar-refractivity contribution in [3.63, 3.8) is 0 Å². The van der Waals surface area contributed by atoms with E-state index in [0.717, 1.165) is 48.7 Å². The van der Waals surface area contributed by atoms with E-state index in [1.54, 1.807) is 0 Å². The lowest BCUT2D eigenvalue weighted by Crippen LogP contribution is -2.35. The van der Waals surface area contributed by atoms with Crippen LogP contribution >= 0.6 is 11.6 Å². The van der Waals surface area contributed by atoms with E-state index in [1.165, 1.54) is 0 Å². The van der Waals surface area contributed by atoms with Crippen LogP contribution in [0.3, 0.4) is 0 Å². The van der Waals surface area contributed by atoms with Crippen molar-refractivity contribution in [2.75, 3.05) is 24.5 Å². The fourth-order valence-corrected chi connectivity index (χ4v) is 3.61. The highest BCUT2D eigenvalue weighted by Crippen LogP contribution is 2.38. The topological polar surface area (TPSA) is 28.2 Å².